The highest BCUT2D eigenvalue weighted by Gasteiger charge is 1.93. The van der Waals surface area contributed by atoms with E-state index in [1.807, 2.05) is 24.3 Å². The molecule has 2 heteroatoms. The molecule has 0 aliphatic heterocycles. The van der Waals surface area contributed by atoms with Crippen LogP contribution in [-0.4, -0.2) is 6.08 Å². The van der Waals surface area contributed by atoms with Gasteiger partial charge in [-0.2, -0.15) is 0 Å². The van der Waals surface area contributed by atoms with Crippen molar-refractivity contribution >= 4 is 6.08 Å². The zero-order valence-electron chi connectivity index (χ0n) is 11.8. The van der Waals surface area contributed by atoms with E-state index in [9.17, 15) is 0 Å². The third-order valence-corrected chi connectivity index (χ3v) is 2.41. The van der Waals surface area contributed by atoms with Crippen LogP contribution in [0.5, 0.6) is 0 Å². The normalized spacial score (nSPS) is 8.42. The molecule has 0 spiro atoms. The fourth-order valence-corrected chi connectivity index (χ4v) is 1.37. The molecular formula is C17H21NO. The van der Waals surface area contributed by atoms with Crippen molar-refractivity contribution in [3.63, 3.8) is 0 Å². The molecule has 2 aromatic carbocycles. The summed E-state index contributed by atoms with van der Waals surface area (Å²) in [5, 5.41) is 5.40. The highest BCUT2D eigenvalue weighted by Crippen LogP contribution is 2.11. The summed E-state index contributed by atoms with van der Waals surface area (Å²) in [6.45, 7) is 6.49. The van der Waals surface area contributed by atoms with Crippen molar-refractivity contribution in [2.75, 3.05) is 0 Å². The fourth-order valence-electron chi connectivity index (χ4n) is 1.37. The molecule has 0 saturated heterocycles. The number of aryl methyl sites for hydroxylation is 1. The van der Waals surface area contributed by atoms with Crippen molar-refractivity contribution in [2.45, 2.75) is 26.7 Å². The SMILES string of the molecule is CC(C)c1ccccc1.Cc1ccccc1.N=C=O. The standard InChI is InChI=1S/C9H12.C7H8.CHNO/c1-8(2)9-6-4-3-5-7-9;1-7-5-3-2-4-6-7;2-1-3/h3-8H,1-2H3;2-6H,1H3;2H. The van der Waals surface area contributed by atoms with E-state index in [-0.39, 0.29) is 0 Å². The smallest absolute Gasteiger partial charge is 0.222 e. The Morgan fingerprint density at radius 2 is 1.26 bits per heavy atom. The molecule has 0 bridgehead atoms. The van der Waals surface area contributed by atoms with Crippen LogP contribution in [0.2, 0.25) is 0 Å². The maximum absolute atomic E-state index is 8.35. The molecule has 0 atom stereocenters. The predicted molar refractivity (Wildman–Crippen MR) is 80.1 cm³/mol. The molecule has 2 aromatic rings. The lowest BCUT2D eigenvalue weighted by Gasteiger charge is -2.01. The molecular weight excluding hydrogens is 234 g/mol. The Morgan fingerprint density at radius 3 is 1.47 bits per heavy atom. The summed E-state index contributed by atoms with van der Waals surface area (Å²) in [7, 11) is 0. The molecule has 0 heterocycles. The van der Waals surface area contributed by atoms with E-state index in [4.69, 9.17) is 10.2 Å². The average Bonchev–Trinajstić information content (AvgIpc) is 2.42. The molecule has 0 fully saturated rings. The highest BCUT2D eigenvalue weighted by atomic mass is 16.1. The van der Waals surface area contributed by atoms with E-state index in [1.54, 1.807) is 0 Å². The summed E-state index contributed by atoms with van der Waals surface area (Å²) in [5.74, 6) is 0.659. The van der Waals surface area contributed by atoms with Gasteiger partial charge in [0.15, 0.2) is 0 Å². The summed E-state index contributed by atoms with van der Waals surface area (Å²) < 4.78 is 0. The Balaban J connectivity index is 0.000000289. The first-order valence-corrected chi connectivity index (χ1v) is 6.22. The highest BCUT2D eigenvalue weighted by molar-refractivity contribution is 5.26. The summed E-state index contributed by atoms with van der Waals surface area (Å²) in [4.78, 5) is 8.35. The second-order valence-corrected chi connectivity index (χ2v) is 4.32. The fraction of sp³-hybridized carbons (Fsp3) is 0.235. The molecule has 100 valence electrons. The molecule has 0 saturated carbocycles. The average molecular weight is 255 g/mol. The monoisotopic (exact) mass is 255 g/mol. The Kier molecular flexibility index (Phi) is 9.69. The number of carbonyl (C=O) groups excluding carboxylic acids is 1. The van der Waals surface area contributed by atoms with E-state index in [0.717, 1.165) is 6.08 Å². The van der Waals surface area contributed by atoms with Gasteiger partial charge in [-0.25, -0.2) is 10.2 Å². The molecule has 2 rings (SSSR count). The molecule has 0 radical (unpaired) electrons. The molecule has 0 aromatic heterocycles. The molecule has 0 aliphatic carbocycles. The van der Waals surface area contributed by atoms with E-state index < -0.39 is 0 Å². The van der Waals surface area contributed by atoms with Crippen LogP contribution in [0.15, 0.2) is 60.7 Å². The number of nitrogens with one attached hydrogen (secondary N) is 1. The van der Waals surface area contributed by atoms with Gasteiger partial charge >= 0.3 is 0 Å². The molecule has 2 nitrogen and oxygen atoms in total. The molecule has 0 aliphatic rings. The van der Waals surface area contributed by atoms with Gasteiger partial charge in [0.25, 0.3) is 0 Å². The summed E-state index contributed by atoms with van der Waals surface area (Å²) in [6, 6.07) is 20.8. The van der Waals surface area contributed by atoms with Gasteiger partial charge in [0.2, 0.25) is 6.08 Å². The second-order valence-electron chi connectivity index (χ2n) is 4.32. The van der Waals surface area contributed by atoms with Crippen LogP contribution in [0.4, 0.5) is 0 Å². The molecule has 1 N–H and O–H groups in total. The van der Waals surface area contributed by atoms with Crippen LogP contribution in [-0.2, 0) is 4.79 Å². The van der Waals surface area contributed by atoms with E-state index in [1.165, 1.54) is 11.1 Å². The summed E-state index contributed by atoms with van der Waals surface area (Å²) in [5.41, 5.74) is 2.74. The molecule has 0 amide bonds. The lowest BCUT2D eigenvalue weighted by atomic mass is 10.0. The predicted octanol–water partition coefficient (Wildman–Crippen LogP) is 4.71. The maximum Gasteiger partial charge on any atom is 0.231 e. The van der Waals surface area contributed by atoms with Gasteiger partial charge in [0, 0.05) is 0 Å². The van der Waals surface area contributed by atoms with Crippen molar-refractivity contribution in [1.29, 1.82) is 5.41 Å². The quantitative estimate of drug-likeness (QED) is 0.582. The van der Waals surface area contributed by atoms with E-state index >= 15 is 0 Å². The molecule has 0 unspecified atom stereocenters. The van der Waals surface area contributed by atoms with Crippen LogP contribution >= 0.6 is 0 Å². The Bertz CT molecular complexity index is 457. The third-order valence-electron chi connectivity index (χ3n) is 2.41. The van der Waals surface area contributed by atoms with Crippen molar-refractivity contribution in [1.82, 2.24) is 0 Å². The maximum atomic E-state index is 8.35. The minimum absolute atomic E-state index is 0.659. The first-order valence-electron chi connectivity index (χ1n) is 6.22. The third kappa shape index (κ3) is 9.51. The van der Waals surface area contributed by atoms with Crippen LogP contribution in [0, 0.1) is 12.3 Å². The van der Waals surface area contributed by atoms with Crippen molar-refractivity contribution in [3.05, 3.63) is 71.8 Å². The second kappa shape index (κ2) is 10.9. The number of rotatable bonds is 1. The Hall–Kier alpha value is -2.18. The number of hydrogen-bond acceptors (Lipinski definition) is 2. The topological polar surface area (TPSA) is 40.9 Å². The number of benzene rings is 2. The Morgan fingerprint density at radius 1 is 0.895 bits per heavy atom. The first-order chi connectivity index (χ1) is 9.11. The Labute approximate surface area is 115 Å². The summed E-state index contributed by atoms with van der Waals surface area (Å²) >= 11 is 0. The lowest BCUT2D eigenvalue weighted by Crippen LogP contribution is -1.83. The first kappa shape index (κ1) is 16.8. The number of hydrogen-bond donors (Lipinski definition) is 1. The van der Waals surface area contributed by atoms with Gasteiger partial charge < -0.3 is 0 Å². The zero-order valence-corrected chi connectivity index (χ0v) is 11.8. The van der Waals surface area contributed by atoms with Gasteiger partial charge in [-0.15, -0.1) is 0 Å². The minimum atomic E-state index is 0.659. The van der Waals surface area contributed by atoms with Gasteiger partial charge in [-0.1, -0.05) is 80.1 Å². The zero-order chi connectivity index (χ0) is 14.5. The number of isocyanates is 1. The summed E-state index contributed by atoms with van der Waals surface area (Å²) in [6.07, 6.45) is 0.750. The largest absolute Gasteiger partial charge is 0.231 e. The van der Waals surface area contributed by atoms with Gasteiger partial charge in [-0.05, 0) is 18.4 Å². The van der Waals surface area contributed by atoms with Crippen LogP contribution in [0.3, 0.4) is 0 Å². The van der Waals surface area contributed by atoms with Crippen LogP contribution in [0.25, 0.3) is 0 Å². The van der Waals surface area contributed by atoms with Gasteiger partial charge in [0.05, 0.1) is 0 Å². The van der Waals surface area contributed by atoms with Crippen molar-refractivity contribution in [2.24, 2.45) is 0 Å². The van der Waals surface area contributed by atoms with Crippen molar-refractivity contribution < 1.29 is 4.79 Å². The van der Waals surface area contributed by atoms with Crippen LogP contribution in [0.1, 0.15) is 30.9 Å². The van der Waals surface area contributed by atoms with Gasteiger partial charge in [0.1, 0.15) is 0 Å². The van der Waals surface area contributed by atoms with E-state index in [2.05, 4.69) is 57.2 Å². The van der Waals surface area contributed by atoms with Gasteiger partial charge in [-0.3, -0.25) is 0 Å². The van der Waals surface area contributed by atoms with Crippen LogP contribution < -0.4 is 0 Å². The van der Waals surface area contributed by atoms with E-state index in [0.29, 0.717) is 5.92 Å². The lowest BCUT2D eigenvalue weighted by molar-refractivity contribution is 0.563. The molecule has 19 heavy (non-hydrogen) atoms. The van der Waals surface area contributed by atoms with Crippen molar-refractivity contribution in [3.8, 4) is 0 Å². The minimum Gasteiger partial charge on any atom is -0.222 e.